The molecule has 0 aliphatic rings. The minimum atomic E-state index is -4.22. The van der Waals surface area contributed by atoms with Crippen LogP contribution in [0.3, 0.4) is 0 Å². The molecule has 0 fully saturated rings. The zero-order valence-electron chi connectivity index (χ0n) is 17.8. The molecule has 0 aromatic heterocycles. The molecule has 0 unspecified atom stereocenters. The second-order valence-corrected chi connectivity index (χ2v) is 9.38. The Hall–Kier alpha value is -1.21. The average Bonchev–Trinajstić information content (AvgIpc) is 2.72. The zero-order chi connectivity index (χ0) is 20.5. The van der Waals surface area contributed by atoms with Crippen molar-refractivity contribution in [2.75, 3.05) is 6.79 Å². The van der Waals surface area contributed by atoms with E-state index in [4.69, 9.17) is 8.37 Å². The van der Waals surface area contributed by atoms with Crippen molar-refractivity contribution in [1.29, 1.82) is 0 Å². The maximum Gasteiger partial charge on any atom is 2.00 e. The first-order chi connectivity index (χ1) is 13.9. The standard InChI is InChI=1S/C21H16O6S2.Ba.2H/c22-28(23,20-13-5-9-16-7-1-3-11-18(16)20)26-15-27-29(24,25)21-14-6-10-17-8-2-4-12-19(17)21;;;/h1-14H,15H2;;;/q;+2;2*-1. The summed E-state index contributed by atoms with van der Waals surface area (Å²) in [5, 5.41) is 2.40. The second-order valence-electron chi connectivity index (χ2n) is 6.22. The summed E-state index contributed by atoms with van der Waals surface area (Å²) in [5.41, 5.74) is 0. The van der Waals surface area contributed by atoms with Crippen LogP contribution >= 0.6 is 0 Å². The monoisotopic (exact) mass is 568 g/mol. The fourth-order valence-corrected chi connectivity index (χ4v) is 5.17. The summed E-state index contributed by atoms with van der Waals surface area (Å²) in [5.74, 6) is 0. The van der Waals surface area contributed by atoms with Gasteiger partial charge in [0.05, 0.1) is 0 Å². The summed E-state index contributed by atoms with van der Waals surface area (Å²) >= 11 is 0. The van der Waals surface area contributed by atoms with Crippen LogP contribution in [0, 0.1) is 0 Å². The van der Waals surface area contributed by atoms with E-state index in [2.05, 4.69) is 0 Å². The molecule has 152 valence electrons. The molecule has 0 saturated heterocycles. The van der Waals surface area contributed by atoms with Crippen LogP contribution < -0.4 is 0 Å². The summed E-state index contributed by atoms with van der Waals surface area (Å²) in [6.07, 6.45) is 0. The Morgan fingerprint density at radius 3 is 1.37 bits per heavy atom. The van der Waals surface area contributed by atoms with Crippen LogP contribution in [0.5, 0.6) is 0 Å². The van der Waals surface area contributed by atoms with Crippen LogP contribution in [0.1, 0.15) is 2.85 Å². The first-order valence-corrected chi connectivity index (χ1v) is 11.4. The molecule has 4 aromatic carbocycles. The largest absolute Gasteiger partial charge is 2.00 e. The van der Waals surface area contributed by atoms with E-state index in [1.165, 1.54) is 12.1 Å². The Kier molecular flexibility index (Phi) is 7.44. The van der Waals surface area contributed by atoms with Crippen molar-refractivity contribution in [2.24, 2.45) is 0 Å². The van der Waals surface area contributed by atoms with Gasteiger partial charge in [0, 0.05) is 10.8 Å². The number of benzene rings is 4. The number of hydrogen-bond acceptors (Lipinski definition) is 6. The summed E-state index contributed by atoms with van der Waals surface area (Å²) in [6, 6.07) is 23.4. The van der Waals surface area contributed by atoms with Gasteiger partial charge in [-0.25, -0.2) is 8.37 Å². The third-order valence-corrected chi connectivity index (χ3v) is 7.05. The van der Waals surface area contributed by atoms with Gasteiger partial charge in [-0.3, -0.25) is 0 Å². The maximum absolute atomic E-state index is 12.6. The molecule has 0 amide bonds. The number of fused-ring (bicyclic) bond motifs is 2. The molecule has 30 heavy (non-hydrogen) atoms. The third-order valence-electron chi connectivity index (χ3n) is 4.44. The van der Waals surface area contributed by atoms with Gasteiger partial charge in [0.2, 0.25) is 0 Å². The average molecular weight is 568 g/mol. The third kappa shape index (κ3) is 4.82. The molecule has 0 heterocycles. The van der Waals surface area contributed by atoms with Gasteiger partial charge in [0.25, 0.3) is 20.2 Å². The van der Waals surface area contributed by atoms with Crippen molar-refractivity contribution in [2.45, 2.75) is 9.79 Å². The topological polar surface area (TPSA) is 86.7 Å². The van der Waals surface area contributed by atoms with E-state index in [0.29, 0.717) is 10.8 Å². The van der Waals surface area contributed by atoms with E-state index in [-0.39, 0.29) is 61.5 Å². The zero-order valence-corrected chi connectivity index (χ0v) is 21.8. The molecule has 0 atom stereocenters. The van der Waals surface area contributed by atoms with Gasteiger partial charge in [-0.15, -0.1) is 0 Å². The molecule has 0 N–H and O–H groups in total. The quantitative estimate of drug-likeness (QED) is 0.200. The van der Waals surface area contributed by atoms with E-state index in [1.807, 2.05) is 0 Å². The summed E-state index contributed by atoms with van der Waals surface area (Å²) < 4.78 is 60.1. The van der Waals surface area contributed by atoms with Gasteiger partial charge in [0.15, 0.2) is 6.79 Å². The summed E-state index contributed by atoms with van der Waals surface area (Å²) in [4.78, 5) is -0.108. The molecule has 6 nitrogen and oxygen atoms in total. The van der Waals surface area contributed by atoms with Crippen molar-refractivity contribution in [3.05, 3.63) is 84.9 Å². The Bertz CT molecular complexity index is 1310. The first kappa shape index (κ1) is 23.5. The molecule has 4 rings (SSSR count). The van der Waals surface area contributed by atoms with E-state index in [1.54, 1.807) is 72.8 Å². The SMILES string of the molecule is O=S(=O)(OCOS(=O)(=O)c1cccc2ccccc12)c1cccc2ccccc12.[Ba+2].[H-].[H-]. The van der Waals surface area contributed by atoms with Gasteiger partial charge in [-0.2, -0.15) is 16.8 Å². The predicted molar refractivity (Wildman–Crippen MR) is 117 cm³/mol. The van der Waals surface area contributed by atoms with Crippen LogP contribution in [0.4, 0.5) is 0 Å². The smallest absolute Gasteiger partial charge is 1.00 e. The Morgan fingerprint density at radius 1 is 0.567 bits per heavy atom. The predicted octanol–water partition coefficient (Wildman–Crippen LogP) is 3.91. The molecular formula is C21H18BaO6S2. The molecular weight excluding hydrogens is 550 g/mol. The minimum absolute atomic E-state index is 0. The molecule has 0 spiro atoms. The normalized spacial score (nSPS) is 12.0. The van der Waals surface area contributed by atoms with Gasteiger partial charge in [-0.1, -0.05) is 72.8 Å². The summed E-state index contributed by atoms with van der Waals surface area (Å²) in [7, 11) is -8.45. The Labute approximate surface area is 218 Å². The molecule has 0 saturated carbocycles. The Morgan fingerprint density at radius 2 is 0.933 bits per heavy atom. The summed E-state index contributed by atoms with van der Waals surface area (Å²) in [6.45, 7) is -0.961. The maximum atomic E-state index is 12.6. The van der Waals surface area contributed by atoms with Crippen molar-refractivity contribution >= 4 is 90.7 Å². The molecule has 4 aromatic rings. The molecule has 0 radical (unpaired) electrons. The molecule has 0 aliphatic heterocycles. The minimum Gasteiger partial charge on any atom is -1.00 e. The molecule has 0 aliphatic carbocycles. The number of rotatable bonds is 6. The van der Waals surface area contributed by atoms with E-state index < -0.39 is 27.0 Å². The van der Waals surface area contributed by atoms with Gasteiger partial charge in [-0.05, 0) is 22.9 Å². The van der Waals surface area contributed by atoms with Crippen molar-refractivity contribution in [1.82, 2.24) is 0 Å². The van der Waals surface area contributed by atoms with E-state index in [0.717, 1.165) is 10.8 Å². The van der Waals surface area contributed by atoms with Crippen molar-refractivity contribution in [3.8, 4) is 0 Å². The van der Waals surface area contributed by atoms with Gasteiger partial charge < -0.3 is 2.85 Å². The van der Waals surface area contributed by atoms with Crippen LogP contribution in [0.25, 0.3) is 21.5 Å². The fourth-order valence-electron chi connectivity index (χ4n) is 3.10. The van der Waals surface area contributed by atoms with Crippen LogP contribution in [0.15, 0.2) is 94.7 Å². The van der Waals surface area contributed by atoms with Crippen LogP contribution in [-0.2, 0) is 28.6 Å². The number of hydrogen-bond donors (Lipinski definition) is 0. The van der Waals surface area contributed by atoms with Crippen LogP contribution in [0.2, 0.25) is 0 Å². The first-order valence-electron chi connectivity index (χ1n) is 8.63. The second kappa shape index (κ2) is 9.51. The van der Waals surface area contributed by atoms with E-state index in [9.17, 15) is 16.8 Å². The van der Waals surface area contributed by atoms with Crippen molar-refractivity contribution < 1.29 is 28.1 Å². The fraction of sp³-hybridized carbons (Fsp3) is 0.0476. The van der Waals surface area contributed by atoms with Crippen molar-refractivity contribution in [3.63, 3.8) is 0 Å². The molecule has 0 bridgehead atoms. The van der Waals surface area contributed by atoms with Gasteiger partial charge in [0.1, 0.15) is 9.79 Å². The Balaban J connectivity index is 0.00000171. The van der Waals surface area contributed by atoms with Crippen LogP contribution in [-0.4, -0.2) is 72.5 Å². The van der Waals surface area contributed by atoms with Gasteiger partial charge >= 0.3 is 48.9 Å². The molecule has 9 heteroatoms. The van der Waals surface area contributed by atoms with E-state index >= 15 is 0 Å².